The maximum Gasteiger partial charge on any atom is 0.332 e. The smallest absolute Gasteiger partial charge is 0.332 e. The van der Waals surface area contributed by atoms with Crippen LogP contribution in [0.2, 0.25) is 0 Å². The molecule has 23 heavy (non-hydrogen) atoms. The number of carbonyl (C=O) groups is 2. The Kier molecular flexibility index (Phi) is 5.44. The molecule has 0 saturated carbocycles. The van der Waals surface area contributed by atoms with Gasteiger partial charge >= 0.3 is 5.97 Å². The predicted octanol–water partition coefficient (Wildman–Crippen LogP) is 1.17. The molecule has 0 N–H and O–H groups in total. The number of rotatable bonds is 6. The van der Waals surface area contributed by atoms with E-state index < -0.39 is 12.1 Å². The van der Waals surface area contributed by atoms with E-state index in [-0.39, 0.29) is 18.6 Å². The third kappa shape index (κ3) is 3.73. The van der Waals surface area contributed by atoms with Crippen molar-refractivity contribution in [3.8, 4) is 11.5 Å². The first-order chi connectivity index (χ1) is 11.0. The lowest BCUT2D eigenvalue weighted by Crippen LogP contribution is -2.30. The highest BCUT2D eigenvalue weighted by atomic mass is 16.6. The van der Waals surface area contributed by atoms with Crippen molar-refractivity contribution in [2.75, 3.05) is 35.0 Å². The molecule has 1 aromatic rings. The number of hydrogen-bond donors (Lipinski definition) is 0. The third-order valence-corrected chi connectivity index (χ3v) is 3.82. The number of ether oxygens (including phenoxy) is 4. The number of methoxy groups -OCH3 is 3. The van der Waals surface area contributed by atoms with E-state index >= 15 is 0 Å². The second-order valence-corrected chi connectivity index (χ2v) is 5.26. The fourth-order valence-electron chi connectivity index (χ4n) is 2.63. The molecule has 0 unspecified atom stereocenters. The van der Waals surface area contributed by atoms with E-state index in [9.17, 15) is 9.59 Å². The second-order valence-electron chi connectivity index (χ2n) is 5.26. The van der Waals surface area contributed by atoms with Crippen LogP contribution < -0.4 is 9.47 Å². The number of benzene rings is 1. The average Bonchev–Trinajstić information content (AvgIpc) is 2.83. The largest absolute Gasteiger partial charge is 0.497 e. The molecule has 1 heterocycles. The summed E-state index contributed by atoms with van der Waals surface area (Å²) in [6, 6.07) is 5.23. The Morgan fingerprint density at radius 1 is 1.17 bits per heavy atom. The van der Waals surface area contributed by atoms with E-state index in [1.54, 1.807) is 32.2 Å². The summed E-state index contributed by atoms with van der Waals surface area (Å²) >= 11 is 0. The molecule has 1 saturated heterocycles. The highest BCUT2D eigenvalue weighted by molar-refractivity contribution is 5.86. The van der Waals surface area contributed by atoms with Crippen molar-refractivity contribution in [1.82, 2.24) is 4.90 Å². The lowest BCUT2D eigenvalue weighted by Gasteiger charge is -2.20. The van der Waals surface area contributed by atoms with Crippen LogP contribution in [0.4, 0.5) is 0 Å². The molecule has 0 bridgehead atoms. The van der Waals surface area contributed by atoms with Gasteiger partial charge in [0.15, 0.2) is 6.10 Å². The van der Waals surface area contributed by atoms with E-state index in [1.165, 1.54) is 7.11 Å². The quantitative estimate of drug-likeness (QED) is 0.732. The van der Waals surface area contributed by atoms with Crippen molar-refractivity contribution in [2.45, 2.75) is 18.6 Å². The molecule has 7 heteroatoms. The van der Waals surface area contributed by atoms with Crippen LogP contribution >= 0.6 is 0 Å². The number of hydrogen-bond acceptors (Lipinski definition) is 6. The van der Waals surface area contributed by atoms with Crippen LogP contribution in [0.1, 0.15) is 18.0 Å². The molecule has 2 rings (SSSR count). The van der Waals surface area contributed by atoms with Gasteiger partial charge < -0.3 is 23.8 Å². The van der Waals surface area contributed by atoms with Crippen molar-refractivity contribution < 1.29 is 28.5 Å². The topological polar surface area (TPSA) is 74.3 Å². The van der Waals surface area contributed by atoms with Gasteiger partial charge in [-0.05, 0) is 17.7 Å². The summed E-state index contributed by atoms with van der Waals surface area (Å²) < 4.78 is 20.4. The third-order valence-electron chi connectivity index (χ3n) is 3.82. The second kappa shape index (κ2) is 7.32. The Labute approximate surface area is 135 Å². The number of likely N-dealkylation sites (tertiary alicyclic amines) is 1. The molecular formula is C16H21NO6. The zero-order valence-corrected chi connectivity index (χ0v) is 13.7. The van der Waals surface area contributed by atoms with E-state index in [4.69, 9.17) is 18.9 Å². The van der Waals surface area contributed by atoms with Crippen LogP contribution in [-0.2, 0) is 19.1 Å². The maximum atomic E-state index is 12.3. The summed E-state index contributed by atoms with van der Waals surface area (Å²) in [5.41, 5.74) is 0.863. The number of nitrogens with zero attached hydrogens (tertiary/aromatic N) is 1. The van der Waals surface area contributed by atoms with E-state index in [0.717, 1.165) is 5.56 Å². The molecule has 1 amide bonds. The minimum atomic E-state index is -0.801. The van der Waals surface area contributed by atoms with Crippen LogP contribution in [-0.4, -0.2) is 57.9 Å². The van der Waals surface area contributed by atoms with E-state index in [1.807, 2.05) is 12.1 Å². The zero-order chi connectivity index (χ0) is 17.0. The predicted molar refractivity (Wildman–Crippen MR) is 81.4 cm³/mol. The molecule has 1 aromatic carbocycles. The number of amides is 1. The minimum absolute atomic E-state index is 0.175. The molecule has 2 atom stereocenters. The van der Waals surface area contributed by atoms with Crippen molar-refractivity contribution in [2.24, 2.45) is 0 Å². The van der Waals surface area contributed by atoms with Crippen LogP contribution in [0.15, 0.2) is 18.2 Å². The van der Waals surface area contributed by atoms with Gasteiger partial charge in [0.05, 0.1) is 20.3 Å². The van der Waals surface area contributed by atoms with Crippen LogP contribution in [0, 0.1) is 0 Å². The van der Waals surface area contributed by atoms with Gasteiger partial charge in [0.2, 0.25) is 0 Å². The summed E-state index contributed by atoms with van der Waals surface area (Å²) in [5.74, 6) is 0.490. The van der Waals surface area contributed by atoms with Crippen LogP contribution in [0.25, 0.3) is 0 Å². The molecule has 0 aromatic heterocycles. The first kappa shape index (κ1) is 17.1. The van der Waals surface area contributed by atoms with Gasteiger partial charge in [0, 0.05) is 26.6 Å². The van der Waals surface area contributed by atoms with Gasteiger partial charge in [-0.3, -0.25) is 4.79 Å². The molecule has 1 aliphatic rings. The summed E-state index contributed by atoms with van der Waals surface area (Å²) in [5, 5.41) is 0. The summed E-state index contributed by atoms with van der Waals surface area (Å²) in [6.45, 7) is -0.175. The Morgan fingerprint density at radius 2 is 1.78 bits per heavy atom. The number of likely N-dealkylation sites (N-methyl/N-ethyl adjacent to an activating group) is 1. The van der Waals surface area contributed by atoms with Gasteiger partial charge in [-0.2, -0.15) is 0 Å². The Hall–Kier alpha value is -2.28. The first-order valence-corrected chi connectivity index (χ1v) is 7.18. The van der Waals surface area contributed by atoms with Gasteiger partial charge in [-0.1, -0.05) is 0 Å². The highest BCUT2D eigenvalue weighted by Crippen LogP contribution is 2.36. The van der Waals surface area contributed by atoms with E-state index in [2.05, 4.69) is 0 Å². The van der Waals surface area contributed by atoms with Crippen LogP contribution in [0.5, 0.6) is 11.5 Å². The highest BCUT2D eigenvalue weighted by Gasteiger charge is 2.40. The SMILES string of the molecule is COCC(=O)O[C@H]1C[C@H](c2cc(OC)cc(OC)c2)N(C)C1=O. The number of esters is 1. The fraction of sp³-hybridized carbons (Fsp3) is 0.500. The minimum Gasteiger partial charge on any atom is -0.497 e. The Morgan fingerprint density at radius 3 is 2.30 bits per heavy atom. The zero-order valence-electron chi connectivity index (χ0n) is 13.7. The molecule has 1 aliphatic heterocycles. The number of carbonyl (C=O) groups excluding carboxylic acids is 2. The monoisotopic (exact) mass is 323 g/mol. The lowest BCUT2D eigenvalue weighted by atomic mass is 10.0. The molecule has 0 spiro atoms. The molecule has 7 nitrogen and oxygen atoms in total. The van der Waals surface area contributed by atoms with Gasteiger partial charge in [-0.15, -0.1) is 0 Å². The summed E-state index contributed by atoms with van der Waals surface area (Å²) in [6.07, 6.45) is -0.425. The van der Waals surface area contributed by atoms with E-state index in [0.29, 0.717) is 17.9 Å². The molecule has 126 valence electrons. The van der Waals surface area contributed by atoms with Crippen molar-refractivity contribution >= 4 is 11.9 Å². The average molecular weight is 323 g/mol. The molecule has 1 fully saturated rings. The summed E-state index contributed by atoms with van der Waals surface area (Å²) in [4.78, 5) is 25.4. The van der Waals surface area contributed by atoms with Gasteiger partial charge in [0.1, 0.15) is 18.1 Å². The van der Waals surface area contributed by atoms with Crippen molar-refractivity contribution in [3.63, 3.8) is 0 Å². The fourth-order valence-corrected chi connectivity index (χ4v) is 2.63. The summed E-state index contributed by atoms with van der Waals surface area (Å²) in [7, 11) is 6.22. The van der Waals surface area contributed by atoms with Gasteiger partial charge in [-0.25, -0.2) is 4.79 Å². The Balaban J connectivity index is 2.20. The molecule has 0 aliphatic carbocycles. The first-order valence-electron chi connectivity index (χ1n) is 7.18. The van der Waals surface area contributed by atoms with Crippen molar-refractivity contribution in [1.29, 1.82) is 0 Å². The van der Waals surface area contributed by atoms with Crippen LogP contribution in [0.3, 0.4) is 0 Å². The maximum absolute atomic E-state index is 12.3. The van der Waals surface area contributed by atoms with Gasteiger partial charge in [0.25, 0.3) is 5.91 Å². The normalized spacial score (nSPS) is 20.5. The lowest BCUT2D eigenvalue weighted by molar-refractivity contribution is -0.159. The molecule has 0 radical (unpaired) electrons. The van der Waals surface area contributed by atoms with Crippen molar-refractivity contribution in [3.05, 3.63) is 23.8 Å². The molecular weight excluding hydrogens is 302 g/mol. The Bertz CT molecular complexity index is 566. The standard InChI is InChI=1S/C16H21NO6/c1-17-13(8-14(16(17)19)23-15(18)9-20-2)10-5-11(21-3)7-12(6-10)22-4/h5-7,13-14H,8-9H2,1-4H3/t13-,14+/m1/s1.